The molecular weight excluding hydrogens is 296 g/mol. The Kier molecular flexibility index (Phi) is 9.64. The average molecular weight is 316 g/mol. The largest absolute Gasteiger partial charge is 0.388 e. The predicted octanol–water partition coefficient (Wildman–Crippen LogP) is 0.00420. The van der Waals surface area contributed by atoms with Gasteiger partial charge in [0.1, 0.15) is 0 Å². The Morgan fingerprint density at radius 3 is 1.41 bits per heavy atom. The van der Waals surface area contributed by atoms with Gasteiger partial charge in [-0.25, -0.2) is 19.2 Å². The SMILES string of the molecule is CCCC(O)C(=O)OC(=O)/C=C\C(=O)OC(=O)C(O)CCC. The predicted molar refractivity (Wildman–Crippen MR) is 73.2 cm³/mol. The molecule has 8 heteroatoms. The van der Waals surface area contributed by atoms with Gasteiger partial charge in [-0.1, -0.05) is 26.7 Å². The van der Waals surface area contributed by atoms with Crippen LogP contribution in [0.3, 0.4) is 0 Å². The molecule has 0 aliphatic rings. The third-order valence-corrected chi connectivity index (χ3v) is 2.43. The molecule has 0 saturated heterocycles. The Morgan fingerprint density at radius 2 is 1.14 bits per heavy atom. The molecule has 0 aromatic heterocycles. The number of rotatable bonds is 8. The van der Waals surface area contributed by atoms with E-state index in [1.807, 2.05) is 0 Å². The lowest BCUT2D eigenvalue weighted by molar-refractivity contribution is -0.165. The quantitative estimate of drug-likeness (QED) is 0.364. The molecular formula is C14H20O8. The van der Waals surface area contributed by atoms with Crippen LogP contribution in [0.25, 0.3) is 0 Å². The van der Waals surface area contributed by atoms with E-state index in [0.717, 1.165) is 0 Å². The topological polar surface area (TPSA) is 127 Å². The highest BCUT2D eigenvalue weighted by Gasteiger charge is 2.20. The Morgan fingerprint density at radius 1 is 0.818 bits per heavy atom. The Labute approximate surface area is 127 Å². The van der Waals surface area contributed by atoms with E-state index in [2.05, 4.69) is 9.47 Å². The first-order chi connectivity index (χ1) is 10.3. The molecule has 0 rings (SSSR count). The summed E-state index contributed by atoms with van der Waals surface area (Å²) in [6.45, 7) is 3.47. The number of carbonyl (C=O) groups is 4. The first-order valence-electron chi connectivity index (χ1n) is 6.87. The van der Waals surface area contributed by atoms with Crippen molar-refractivity contribution in [2.24, 2.45) is 0 Å². The van der Waals surface area contributed by atoms with Crippen LogP contribution in [0.4, 0.5) is 0 Å². The molecule has 2 unspecified atom stereocenters. The molecule has 0 fully saturated rings. The highest BCUT2D eigenvalue weighted by Crippen LogP contribution is 2.01. The van der Waals surface area contributed by atoms with E-state index < -0.39 is 36.1 Å². The normalized spacial score (nSPS) is 13.5. The van der Waals surface area contributed by atoms with E-state index in [4.69, 9.17) is 0 Å². The van der Waals surface area contributed by atoms with Crippen molar-refractivity contribution >= 4 is 23.9 Å². The van der Waals surface area contributed by atoms with Crippen molar-refractivity contribution in [3.8, 4) is 0 Å². The molecule has 0 spiro atoms. The smallest absolute Gasteiger partial charge is 0.342 e. The highest BCUT2D eigenvalue weighted by atomic mass is 16.6. The molecule has 0 radical (unpaired) electrons. The average Bonchev–Trinajstić information content (AvgIpc) is 2.45. The van der Waals surface area contributed by atoms with Crippen LogP contribution < -0.4 is 0 Å². The van der Waals surface area contributed by atoms with E-state index >= 15 is 0 Å². The number of hydrogen-bond acceptors (Lipinski definition) is 8. The molecule has 8 nitrogen and oxygen atoms in total. The molecule has 0 saturated carbocycles. The maximum Gasteiger partial charge on any atom is 0.342 e. The van der Waals surface area contributed by atoms with E-state index in [-0.39, 0.29) is 12.8 Å². The summed E-state index contributed by atoms with van der Waals surface area (Å²) in [6.07, 6.45) is -0.343. The number of ether oxygens (including phenoxy) is 2. The minimum absolute atomic E-state index is 0.141. The van der Waals surface area contributed by atoms with Crippen molar-refractivity contribution in [1.29, 1.82) is 0 Å². The first-order valence-corrected chi connectivity index (χ1v) is 6.87. The number of esters is 4. The van der Waals surface area contributed by atoms with E-state index in [1.54, 1.807) is 13.8 Å². The molecule has 0 aromatic rings. The molecule has 0 heterocycles. The highest BCUT2D eigenvalue weighted by molar-refractivity contribution is 5.99. The lowest BCUT2D eigenvalue weighted by Gasteiger charge is -2.07. The summed E-state index contributed by atoms with van der Waals surface area (Å²) >= 11 is 0. The third kappa shape index (κ3) is 8.28. The van der Waals surface area contributed by atoms with Gasteiger partial charge in [0.05, 0.1) is 0 Å². The fourth-order valence-electron chi connectivity index (χ4n) is 1.32. The van der Waals surface area contributed by atoms with Crippen molar-refractivity contribution in [3.63, 3.8) is 0 Å². The van der Waals surface area contributed by atoms with Gasteiger partial charge >= 0.3 is 23.9 Å². The third-order valence-electron chi connectivity index (χ3n) is 2.43. The molecule has 0 bridgehead atoms. The fourth-order valence-corrected chi connectivity index (χ4v) is 1.32. The summed E-state index contributed by atoms with van der Waals surface area (Å²) in [5.74, 6) is -4.61. The van der Waals surface area contributed by atoms with Gasteiger partial charge in [0.15, 0.2) is 12.2 Å². The fraction of sp³-hybridized carbons (Fsp3) is 0.571. The lowest BCUT2D eigenvalue weighted by Crippen LogP contribution is -2.26. The van der Waals surface area contributed by atoms with Crippen molar-refractivity contribution in [3.05, 3.63) is 12.2 Å². The van der Waals surface area contributed by atoms with Crippen LogP contribution in [0.1, 0.15) is 39.5 Å². The van der Waals surface area contributed by atoms with Crippen LogP contribution in [-0.2, 0) is 28.7 Å². The summed E-state index contributed by atoms with van der Waals surface area (Å²) < 4.78 is 8.50. The van der Waals surface area contributed by atoms with Gasteiger partial charge in [-0.3, -0.25) is 0 Å². The summed E-state index contributed by atoms with van der Waals surface area (Å²) in [5.41, 5.74) is 0. The molecule has 0 aliphatic heterocycles. The summed E-state index contributed by atoms with van der Waals surface area (Å²) in [4.78, 5) is 44.8. The number of carbonyl (C=O) groups excluding carboxylic acids is 4. The zero-order valence-corrected chi connectivity index (χ0v) is 12.5. The van der Waals surface area contributed by atoms with Gasteiger partial charge in [0.25, 0.3) is 0 Å². The minimum Gasteiger partial charge on any atom is -0.388 e. The Balaban J connectivity index is 4.29. The zero-order chi connectivity index (χ0) is 17.1. The number of hydrogen-bond donors (Lipinski definition) is 2. The monoisotopic (exact) mass is 316 g/mol. The second kappa shape index (κ2) is 10.6. The number of aliphatic hydroxyl groups excluding tert-OH is 2. The molecule has 124 valence electrons. The van der Waals surface area contributed by atoms with Gasteiger partial charge in [-0.2, -0.15) is 0 Å². The van der Waals surface area contributed by atoms with Gasteiger partial charge < -0.3 is 19.7 Å². The maximum absolute atomic E-state index is 11.2. The molecule has 2 N–H and O–H groups in total. The lowest BCUT2D eigenvalue weighted by atomic mass is 10.2. The minimum atomic E-state index is -1.42. The molecule has 0 aromatic carbocycles. The van der Waals surface area contributed by atoms with E-state index in [0.29, 0.717) is 25.0 Å². The first kappa shape index (κ1) is 19.9. The van der Waals surface area contributed by atoms with Gasteiger partial charge in [-0.15, -0.1) is 0 Å². The Bertz CT molecular complexity index is 400. The number of aliphatic hydroxyl groups is 2. The summed E-state index contributed by atoms with van der Waals surface area (Å²) in [5, 5.41) is 18.5. The van der Waals surface area contributed by atoms with Crippen LogP contribution in [0, 0.1) is 0 Å². The second-order valence-electron chi connectivity index (χ2n) is 4.42. The summed E-state index contributed by atoms with van der Waals surface area (Å²) in [7, 11) is 0. The maximum atomic E-state index is 11.2. The van der Waals surface area contributed by atoms with Crippen LogP contribution in [0.5, 0.6) is 0 Å². The van der Waals surface area contributed by atoms with E-state index in [1.165, 1.54) is 0 Å². The van der Waals surface area contributed by atoms with Gasteiger partial charge in [0.2, 0.25) is 0 Å². The van der Waals surface area contributed by atoms with Crippen LogP contribution >= 0.6 is 0 Å². The summed E-state index contributed by atoms with van der Waals surface area (Å²) in [6, 6.07) is 0. The molecule has 22 heavy (non-hydrogen) atoms. The van der Waals surface area contributed by atoms with Crippen molar-refractivity contribution < 1.29 is 38.9 Å². The van der Waals surface area contributed by atoms with Crippen molar-refractivity contribution in [1.82, 2.24) is 0 Å². The molecule has 2 atom stereocenters. The zero-order valence-electron chi connectivity index (χ0n) is 12.5. The van der Waals surface area contributed by atoms with Crippen LogP contribution in [0.2, 0.25) is 0 Å². The second-order valence-corrected chi connectivity index (χ2v) is 4.42. The van der Waals surface area contributed by atoms with Crippen LogP contribution in [-0.4, -0.2) is 46.3 Å². The van der Waals surface area contributed by atoms with Crippen molar-refractivity contribution in [2.75, 3.05) is 0 Å². The standard InChI is InChI=1S/C14H20O8/c1-3-5-9(15)13(19)21-11(17)7-8-12(18)22-14(20)10(16)6-4-2/h7-10,15-16H,3-6H2,1-2H3/b8-7-. The van der Waals surface area contributed by atoms with Gasteiger partial charge in [0, 0.05) is 12.2 Å². The van der Waals surface area contributed by atoms with Crippen molar-refractivity contribution in [2.45, 2.75) is 51.7 Å². The van der Waals surface area contributed by atoms with Gasteiger partial charge in [-0.05, 0) is 12.8 Å². The Hall–Kier alpha value is -2.06. The molecule has 0 aliphatic carbocycles. The van der Waals surface area contributed by atoms with Crippen LogP contribution in [0.15, 0.2) is 12.2 Å². The molecule has 0 amide bonds. The van der Waals surface area contributed by atoms with E-state index in [9.17, 15) is 29.4 Å².